The highest BCUT2D eigenvalue weighted by molar-refractivity contribution is 6.02. The monoisotopic (exact) mass is 613 g/mol. The molecule has 2 aromatic carbocycles. The molecule has 0 bridgehead atoms. The van der Waals surface area contributed by atoms with E-state index in [1.807, 2.05) is 32.2 Å². The first-order valence-electron chi connectivity index (χ1n) is 14.9. The first-order valence-corrected chi connectivity index (χ1v) is 14.9. The van der Waals surface area contributed by atoms with E-state index in [0.29, 0.717) is 12.2 Å². The highest BCUT2D eigenvalue weighted by Crippen LogP contribution is 2.38. The zero-order chi connectivity index (χ0) is 31.8. The second-order valence-electron chi connectivity index (χ2n) is 11.6. The first-order chi connectivity index (χ1) is 21.7. The molecule has 2 aliphatic heterocycles. The van der Waals surface area contributed by atoms with Gasteiger partial charge in [-0.1, -0.05) is 24.8 Å². The Labute approximate surface area is 259 Å². The van der Waals surface area contributed by atoms with Crippen molar-refractivity contribution in [1.82, 2.24) is 24.8 Å². The van der Waals surface area contributed by atoms with E-state index in [9.17, 15) is 19.6 Å². The Morgan fingerprint density at radius 1 is 1.18 bits per heavy atom. The molecule has 2 atom stereocenters. The number of rotatable bonds is 7. The summed E-state index contributed by atoms with van der Waals surface area (Å²) in [5.74, 6) is -2.35. The Morgan fingerprint density at radius 3 is 2.73 bits per heavy atom. The number of halogens is 2. The van der Waals surface area contributed by atoms with Gasteiger partial charge in [-0.3, -0.25) is 4.79 Å². The molecule has 0 saturated carbocycles. The van der Waals surface area contributed by atoms with Crippen LogP contribution in [0.3, 0.4) is 0 Å². The van der Waals surface area contributed by atoms with Gasteiger partial charge in [-0.2, -0.15) is 15.2 Å². The number of phenolic OH excluding ortho intramolecular Hbond substituents is 1. The smallest absolute Gasteiger partial charge is 0.319 e. The molecule has 4 heterocycles. The molecule has 232 valence electrons. The van der Waals surface area contributed by atoms with Crippen LogP contribution in [0.4, 0.5) is 14.6 Å². The minimum Gasteiger partial charge on any atom is -0.508 e. The maximum Gasteiger partial charge on any atom is 0.319 e. The molecule has 2 aliphatic rings. The number of benzene rings is 2. The van der Waals surface area contributed by atoms with Crippen molar-refractivity contribution >= 4 is 33.5 Å². The number of aryl methyl sites for hydroxylation is 1. The molecule has 2 saturated heterocycles. The standard InChI is InChI=1S/C33H33F2N7O3/c1-19-6-4-7-21-14-24(43)15-25(27(19)21)26-16-37-30-29(28(26)35)38-33(45-18-23-8-5-11-40(23)3)39-31(30)41-12-13-42(32(44)20(2)34)22(17-41)9-10-36/h4,6-7,14-16,22-23,43H,2,5,8-9,11-13,17-18H2,1,3H3/t22-,23?/m0/s1. The number of aromatic hydroxyl groups is 1. The molecule has 4 aromatic rings. The molecule has 0 spiro atoms. The van der Waals surface area contributed by atoms with Crippen LogP contribution in [0.5, 0.6) is 11.8 Å². The zero-order valence-corrected chi connectivity index (χ0v) is 25.1. The number of hydrogen-bond donors (Lipinski definition) is 1. The van der Waals surface area contributed by atoms with Gasteiger partial charge in [0, 0.05) is 37.4 Å². The Morgan fingerprint density at radius 2 is 2.00 bits per heavy atom. The van der Waals surface area contributed by atoms with E-state index in [4.69, 9.17) is 4.74 Å². The Hall–Kier alpha value is -4.89. The summed E-state index contributed by atoms with van der Waals surface area (Å²) in [6.07, 6.45) is 3.35. The number of carbonyl (C=O) groups excluding carboxylic acids is 1. The number of carbonyl (C=O) groups is 1. The summed E-state index contributed by atoms with van der Waals surface area (Å²) in [7, 11) is 2.02. The minimum absolute atomic E-state index is 0.0115. The SMILES string of the molecule is C=C(F)C(=O)N1CCN(c2nc(OCC3CCCN3C)nc3c(F)c(-c4cc(O)cc5cccc(C)c45)cnc23)C[C@@H]1CC#N. The lowest BCUT2D eigenvalue weighted by Gasteiger charge is -2.41. The number of amides is 1. The second-order valence-corrected chi connectivity index (χ2v) is 11.6. The molecule has 0 aliphatic carbocycles. The lowest BCUT2D eigenvalue weighted by molar-refractivity contribution is -0.131. The molecule has 1 N–H and O–H groups in total. The summed E-state index contributed by atoms with van der Waals surface area (Å²) >= 11 is 0. The molecule has 12 heteroatoms. The van der Waals surface area contributed by atoms with Gasteiger partial charge in [0.15, 0.2) is 17.5 Å². The van der Waals surface area contributed by atoms with E-state index in [2.05, 4.69) is 32.5 Å². The summed E-state index contributed by atoms with van der Waals surface area (Å²) in [5.41, 5.74) is 1.64. The average Bonchev–Trinajstić information content (AvgIpc) is 3.43. The van der Waals surface area contributed by atoms with E-state index in [1.54, 1.807) is 11.0 Å². The van der Waals surface area contributed by atoms with E-state index in [1.165, 1.54) is 17.2 Å². The number of nitrogens with zero attached hydrogens (tertiary/aromatic N) is 7. The number of ether oxygens (including phenoxy) is 1. The predicted octanol–water partition coefficient (Wildman–Crippen LogP) is 4.89. The van der Waals surface area contributed by atoms with Crippen molar-refractivity contribution in [3.8, 4) is 29.0 Å². The topological polar surface area (TPSA) is 119 Å². The van der Waals surface area contributed by atoms with Gasteiger partial charge >= 0.3 is 6.01 Å². The molecule has 45 heavy (non-hydrogen) atoms. The first kappa shape index (κ1) is 30.1. The fourth-order valence-electron chi connectivity index (χ4n) is 6.40. The summed E-state index contributed by atoms with van der Waals surface area (Å²) in [4.78, 5) is 31.5. The molecule has 2 aromatic heterocycles. The number of fused-ring (bicyclic) bond motifs is 2. The van der Waals surface area contributed by atoms with Crippen molar-refractivity contribution in [2.45, 2.75) is 38.3 Å². The van der Waals surface area contributed by atoms with Crippen LogP contribution >= 0.6 is 0 Å². The number of anilines is 1. The fourth-order valence-corrected chi connectivity index (χ4v) is 6.40. The van der Waals surface area contributed by atoms with Gasteiger partial charge in [-0.15, -0.1) is 0 Å². The second kappa shape index (κ2) is 12.2. The number of likely N-dealkylation sites (tertiary alicyclic amines) is 1. The largest absolute Gasteiger partial charge is 0.508 e. The molecule has 1 amide bonds. The maximum absolute atomic E-state index is 16.7. The summed E-state index contributed by atoms with van der Waals surface area (Å²) in [6, 6.07) is 10.3. The summed E-state index contributed by atoms with van der Waals surface area (Å²) in [5, 5.41) is 21.5. The van der Waals surface area contributed by atoms with Gasteiger partial charge in [0.2, 0.25) is 0 Å². The van der Waals surface area contributed by atoms with Crippen LogP contribution in [-0.2, 0) is 4.79 Å². The summed E-state index contributed by atoms with van der Waals surface area (Å²) in [6.45, 7) is 6.75. The zero-order valence-electron chi connectivity index (χ0n) is 25.1. The molecule has 6 rings (SSSR count). The minimum atomic E-state index is -1.10. The van der Waals surface area contributed by atoms with Gasteiger partial charge in [0.05, 0.1) is 18.5 Å². The molecule has 2 fully saturated rings. The fraction of sp³-hybridized carbons (Fsp3) is 0.364. The molecular weight excluding hydrogens is 580 g/mol. The van der Waals surface area contributed by atoms with Gasteiger partial charge in [-0.25, -0.2) is 13.8 Å². The van der Waals surface area contributed by atoms with Gasteiger partial charge in [0.25, 0.3) is 5.91 Å². The summed E-state index contributed by atoms with van der Waals surface area (Å²) < 4.78 is 36.6. The van der Waals surface area contributed by atoms with E-state index >= 15 is 4.39 Å². The van der Waals surface area contributed by atoms with Crippen LogP contribution in [0.25, 0.3) is 32.9 Å². The molecular formula is C33H33F2N7O3. The van der Waals surface area contributed by atoms with Crippen molar-refractivity contribution < 1.29 is 23.4 Å². The van der Waals surface area contributed by atoms with Crippen LogP contribution in [0.15, 0.2) is 48.9 Å². The third-order valence-electron chi connectivity index (χ3n) is 8.75. The Bertz CT molecular complexity index is 1860. The Kier molecular flexibility index (Phi) is 8.20. The quantitative estimate of drug-likeness (QED) is 0.291. The van der Waals surface area contributed by atoms with Crippen LogP contribution in [0.1, 0.15) is 24.8 Å². The number of phenols is 1. The Balaban J connectivity index is 1.47. The van der Waals surface area contributed by atoms with Crippen LogP contribution in [-0.4, -0.2) is 87.7 Å². The predicted molar refractivity (Wildman–Crippen MR) is 166 cm³/mol. The number of likely N-dealkylation sites (N-methyl/N-ethyl adjacent to an activating group) is 1. The number of piperazine rings is 1. The maximum atomic E-state index is 16.7. The molecule has 0 radical (unpaired) electrons. The third-order valence-corrected chi connectivity index (χ3v) is 8.75. The van der Waals surface area contributed by atoms with Gasteiger partial charge < -0.3 is 24.5 Å². The molecule has 10 nitrogen and oxygen atoms in total. The highest BCUT2D eigenvalue weighted by atomic mass is 19.1. The van der Waals surface area contributed by atoms with Gasteiger partial charge in [0.1, 0.15) is 23.4 Å². The van der Waals surface area contributed by atoms with E-state index in [-0.39, 0.29) is 66.3 Å². The van der Waals surface area contributed by atoms with E-state index in [0.717, 1.165) is 35.7 Å². The van der Waals surface area contributed by atoms with Crippen molar-refractivity contribution in [1.29, 1.82) is 5.26 Å². The van der Waals surface area contributed by atoms with Crippen LogP contribution in [0.2, 0.25) is 0 Å². The normalized spacial score (nSPS) is 18.8. The lowest BCUT2D eigenvalue weighted by atomic mass is 9.95. The van der Waals surface area contributed by atoms with E-state index < -0.39 is 23.6 Å². The number of pyridine rings is 1. The van der Waals surface area contributed by atoms with Crippen molar-refractivity contribution in [3.05, 3.63) is 60.3 Å². The number of hydrogen-bond acceptors (Lipinski definition) is 9. The van der Waals surface area contributed by atoms with Crippen molar-refractivity contribution in [2.75, 3.05) is 44.7 Å². The van der Waals surface area contributed by atoms with Gasteiger partial charge in [-0.05, 0) is 67.4 Å². The highest BCUT2D eigenvalue weighted by Gasteiger charge is 2.34. The van der Waals surface area contributed by atoms with Crippen LogP contribution in [0, 0.1) is 24.1 Å². The average molecular weight is 614 g/mol. The number of aromatic nitrogens is 3. The third kappa shape index (κ3) is 5.71. The number of nitriles is 1. The van der Waals surface area contributed by atoms with Crippen molar-refractivity contribution in [2.24, 2.45) is 0 Å². The molecule has 1 unspecified atom stereocenters. The van der Waals surface area contributed by atoms with Crippen LogP contribution < -0.4 is 9.64 Å². The lowest BCUT2D eigenvalue weighted by Crippen LogP contribution is -2.55. The van der Waals surface area contributed by atoms with Crippen molar-refractivity contribution in [3.63, 3.8) is 0 Å².